The SMILES string of the molecule is CCC12C[C@@H](CN=C1c1ccccc1)[C@H]2Cc1ccc(-c2ccc(CC3c4ccccc4-c4cccc(-c5ccccc5)c43)c3ccccc23)cc1. The molecule has 1 aliphatic heterocycles. The first-order chi connectivity index (χ1) is 25.7. The molecule has 0 saturated heterocycles. The van der Waals surface area contributed by atoms with Gasteiger partial charge in [-0.25, -0.2) is 0 Å². The first-order valence-electron chi connectivity index (χ1n) is 19.2. The van der Waals surface area contributed by atoms with Crippen LogP contribution < -0.4 is 0 Å². The minimum atomic E-state index is 0.206. The van der Waals surface area contributed by atoms with Gasteiger partial charge in [-0.1, -0.05) is 171 Å². The highest BCUT2D eigenvalue weighted by atomic mass is 14.9. The second kappa shape index (κ2) is 12.6. The Morgan fingerprint density at radius 2 is 1.19 bits per heavy atom. The lowest BCUT2D eigenvalue weighted by Gasteiger charge is -2.59. The molecule has 52 heavy (non-hydrogen) atoms. The molecule has 2 unspecified atom stereocenters. The maximum atomic E-state index is 5.14. The summed E-state index contributed by atoms with van der Waals surface area (Å²) in [5, 5.41) is 2.69. The average Bonchev–Trinajstić information content (AvgIpc) is 3.54. The lowest BCUT2D eigenvalue weighted by atomic mass is 9.47. The maximum Gasteiger partial charge on any atom is 0.0485 e. The van der Waals surface area contributed by atoms with Gasteiger partial charge in [0.25, 0.3) is 0 Å². The Hall–Kier alpha value is -5.53. The Balaban J connectivity index is 0.964. The standard InChI is InChI=1S/C51H43N/c1-2-51-32-39(33-52-50(51)37-16-7-4-8-17-37)48(51)30-34-24-26-36(27-25-34)41-29-28-38(40-18-9-10-19-43(40)41)31-47-45-21-12-11-20-44(45)46-23-13-22-42(49(46)47)35-14-5-3-6-15-35/h3-29,39,47-48H,2,30-33H2,1H3/t39-,47?,48+,51?/m0/s1. The highest BCUT2D eigenvalue weighted by Crippen LogP contribution is 2.59. The quantitative estimate of drug-likeness (QED) is 0.153. The summed E-state index contributed by atoms with van der Waals surface area (Å²) in [6.45, 7) is 3.34. The fraction of sp³-hybridized carbons (Fsp3) is 0.196. The van der Waals surface area contributed by atoms with Gasteiger partial charge in [0, 0.05) is 23.6 Å². The Kier molecular flexibility index (Phi) is 7.57. The first-order valence-corrected chi connectivity index (χ1v) is 19.2. The van der Waals surface area contributed by atoms with E-state index in [1.165, 1.54) is 84.1 Å². The largest absolute Gasteiger partial charge is 0.288 e. The van der Waals surface area contributed by atoms with Crippen molar-refractivity contribution in [2.45, 2.75) is 38.5 Å². The molecule has 3 aliphatic rings. The van der Waals surface area contributed by atoms with Crippen LogP contribution in [0, 0.1) is 17.3 Å². The lowest BCUT2D eigenvalue weighted by molar-refractivity contribution is 0.00848. The number of hydrogen-bond donors (Lipinski definition) is 0. The van der Waals surface area contributed by atoms with Gasteiger partial charge in [0.1, 0.15) is 0 Å². The average molecular weight is 670 g/mol. The van der Waals surface area contributed by atoms with Crippen LogP contribution in [0.2, 0.25) is 0 Å². The van der Waals surface area contributed by atoms with Crippen molar-refractivity contribution in [3.05, 3.63) is 192 Å². The molecule has 1 fully saturated rings. The molecule has 1 heterocycles. The van der Waals surface area contributed by atoms with Crippen LogP contribution in [0.15, 0.2) is 169 Å². The van der Waals surface area contributed by atoms with Crippen molar-refractivity contribution in [1.82, 2.24) is 0 Å². The molecule has 0 N–H and O–H groups in total. The first kappa shape index (κ1) is 31.2. The molecule has 7 aromatic rings. The molecule has 0 radical (unpaired) electrons. The van der Waals surface area contributed by atoms with Gasteiger partial charge in [0.2, 0.25) is 0 Å². The molecule has 0 aromatic heterocycles. The van der Waals surface area contributed by atoms with Crippen LogP contribution in [0.4, 0.5) is 0 Å². The minimum absolute atomic E-state index is 0.206. The number of fused-ring (bicyclic) bond motifs is 6. The van der Waals surface area contributed by atoms with E-state index in [2.05, 4.69) is 171 Å². The van der Waals surface area contributed by atoms with E-state index in [0.29, 0.717) is 17.8 Å². The van der Waals surface area contributed by atoms with Crippen molar-refractivity contribution < 1.29 is 0 Å². The highest BCUT2D eigenvalue weighted by Gasteiger charge is 2.57. The normalized spacial score (nSPS) is 21.2. The molecule has 0 spiro atoms. The molecule has 1 nitrogen and oxygen atoms in total. The monoisotopic (exact) mass is 669 g/mol. The number of hydrogen-bond acceptors (Lipinski definition) is 1. The van der Waals surface area contributed by atoms with Gasteiger partial charge in [-0.15, -0.1) is 0 Å². The van der Waals surface area contributed by atoms with Gasteiger partial charge in [0.15, 0.2) is 0 Å². The highest BCUT2D eigenvalue weighted by molar-refractivity contribution is 6.06. The number of nitrogens with zero attached hydrogens (tertiary/aromatic N) is 1. The van der Waals surface area contributed by atoms with Gasteiger partial charge in [-0.3, -0.25) is 4.99 Å². The number of benzene rings is 7. The third-order valence-electron chi connectivity index (χ3n) is 12.9. The maximum absolute atomic E-state index is 5.14. The Morgan fingerprint density at radius 3 is 1.98 bits per heavy atom. The zero-order valence-corrected chi connectivity index (χ0v) is 29.8. The summed E-state index contributed by atoms with van der Waals surface area (Å²) in [6, 6.07) is 61.1. The van der Waals surface area contributed by atoms with E-state index in [0.717, 1.165) is 25.8 Å². The summed E-state index contributed by atoms with van der Waals surface area (Å²) in [5.41, 5.74) is 16.6. The van der Waals surface area contributed by atoms with E-state index in [4.69, 9.17) is 4.99 Å². The topological polar surface area (TPSA) is 12.4 Å². The Labute approximate surface area is 307 Å². The molecule has 7 aromatic carbocycles. The van der Waals surface area contributed by atoms with Crippen LogP contribution in [0.1, 0.15) is 53.5 Å². The smallest absolute Gasteiger partial charge is 0.0485 e. The van der Waals surface area contributed by atoms with Crippen molar-refractivity contribution in [3.63, 3.8) is 0 Å². The van der Waals surface area contributed by atoms with E-state index < -0.39 is 0 Å². The summed E-state index contributed by atoms with van der Waals surface area (Å²) < 4.78 is 0. The molecule has 4 atom stereocenters. The van der Waals surface area contributed by atoms with Gasteiger partial charge in [-0.05, 0) is 109 Å². The predicted octanol–water partition coefficient (Wildman–Crippen LogP) is 12.6. The number of rotatable bonds is 8. The molecule has 0 amide bonds. The Morgan fingerprint density at radius 1 is 0.538 bits per heavy atom. The van der Waals surface area contributed by atoms with E-state index >= 15 is 0 Å². The molecule has 2 aliphatic carbocycles. The van der Waals surface area contributed by atoms with Crippen LogP contribution in [-0.2, 0) is 12.8 Å². The molecule has 2 bridgehead atoms. The summed E-state index contributed by atoms with van der Waals surface area (Å²) in [5.74, 6) is 1.65. The minimum Gasteiger partial charge on any atom is -0.288 e. The predicted molar refractivity (Wildman–Crippen MR) is 218 cm³/mol. The molecular formula is C51H43N. The van der Waals surface area contributed by atoms with Gasteiger partial charge in [0.05, 0.1) is 0 Å². The van der Waals surface area contributed by atoms with Gasteiger partial charge < -0.3 is 0 Å². The zero-order valence-electron chi connectivity index (χ0n) is 29.8. The third-order valence-corrected chi connectivity index (χ3v) is 12.9. The molecule has 252 valence electrons. The summed E-state index contributed by atoms with van der Waals surface area (Å²) in [7, 11) is 0. The summed E-state index contributed by atoms with van der Waals surface area (Å²) in [6.07, 6.45) is 4.52. The van der Waals surface area contributed by atoms with E-state index in [1.807, 2.05) is 0 Å². The molecule has 1 heteroatoms. The van der Waals surface area contributed by atoms with Crippen molar-refractivity contribution in [3.8, 4) is 33.4 Å². The fourth-order valence-corrected chi connectivity index (χ4v) is 10.3. The van der Waals surface area contributed by atoms with Crippen molar-refractivity contribution >= 4 is 16.5 Å². The van der Waals surface area contributed by atoms with E-state index in [1.54, 1.807) is 0 Å². The van der Waals surface area contributed by atoms with Crippen LogP contribution in [0.3, 0.4) is 0 Å². The van der Waals surface area contributed by atoms with Crippen molar-refractivity contribution in [2.75, 3.05) is 6.54 Å². The Bertz CT molecular complexity index is 2460. The molecular weight excluding hydrogens is 627 g/mol. The number of aliphatic imine (C=N–C) groups is 1. The van der Waals surface area contributed by atoms with E-state index in [-0.39, 0.29) is 5.41 Å². The third kappa shape index (κ3) is 4.94. The lowest BCUT2D eigenvalue weighted by Crippen LogP contribution is -2.58. The van der Waals surface area contributed by atoms with Crippen molar-refractivity contribution in [1.29, 1.82) is 0 Å². The van der Waals surface area contributed by atoms with Crippen LogP contribution in [0.25, 0.3) is 44.2 Å². The second-order valence-corrected chi connectivity index (χ2v) is 15.3. The van der Waals surface area contributed by atoms with Crippen molar-refractivity contribution in [2.24, 2.45) is 22.2 Å². The van der Waals surface area contributed by atoms with Crippen LogP contribution >= 0.6 is 0 Å². The van der Waals surface area contributed by atoms with E-state index in [9.17, 15) is 0 Å². The van der Waals surface area contributed by atoms with Gasteiger partial charge >= 0.3 is 0 Å². The fourth-order valence-electron chi connectivity index (χ4n) is 10.3. The van der Waals surface area contributed by atoms with Crippen LogP contribution in [-0.4, -0.2) is 12.3 Å². The van der Waals surface area contributed by atoms with Gasteiger partial charge in [-0.2, -0.15) is 0 Å². The summed E-state index contributed by atoms with van der Waals surface area (Å²) >= 11 is 0. The zero-order chi connectivity index (χ0) is 34.6. The molecule has 10 rings (SSSR count). The summed E-state index contributed by atoms with van der Waals surface area (Å²) in [4.78, 5) is 5.14. The van der Waals surface area contributed by atoms with Crippen LogP contribution in [0.5, 0.6) is 0 Å². The molecule has 1 saturated carbocycles. The second-order valence-electron chi connectivity index (χ2n) is 15.3.